The predicted molar refractivity (Wildman–Crippen MR) is 112 cm³/mol. The normalized spacial score (nSPS) is 22.9. The van der Waals surface area contributed by atoms with Gasteiger partial charge in [0.05, 0.1) is 19.8 Å². The standard InChI is InChI=1S/C20H38N6O2/c1-21-20(22-7-8-23(2)18-5-3-4-6-18)26-11-9-24(10-12-26)17-19(27)25-13-15-28-16-14-25/h18H,3-17H2,1-2H3,(H,21,22). The highest BCUT2D eigenvalue weighted by atomic mass is 16.5. The fourth-order valence-corrected chi connectivity index (χ4v) is 4.43. The number of nitrogens with zero attached hydrogens (tertiary/aromatic N) is 5. The molecule has 1 saturated carbocycles. The second-order valence-corrected chi connectivity index (χ2v) is 8.15. The molecule has 1 aliphatic carbocycles. The Kier molecular flexibility index (Phi) is 8.36. The lowest BCUT2D eigenvalue weighted by Crippen LogP contribution is -2.55. The monoisotopic (exact) mass is 394 g/mol. The Labute approximate surface area is 169 Å². The summed E-state index contributed by atoms with van der Waals surface area (Å²) >= 11 is 0. The van der Waals surface area contributed by atoms with Crippen LogP contribution in [-0.2, 0) is 9.53 Å². The molecule has 1 amide bonds. The third kappa shape index (κ3) is 6.06. The van der Waals surface area contributed by atoms with E-state index in [-0.39, 0.29) is 5.91 Å². The number of morpholine rings is 1. The summed E-state index contributed by atoms with van der Waals surface area (Å²) < 4.78 is 5.33. The third-order valence-corrected chi connectivity index (χ3v) is 6.30. The van der Waals surface area contributed by atoms with Gasteiger partial charge in [-0.15, -0.1) is 0 Å². The van der Waals surface area contributed by atoms with Crippen molar-refractivity contribution in [2.75, 3.05) is 86.2 Å². The number of hydrogen-bond donors (Lipinski definition) is 1. The lowest BCUT2D eigenvalue weighted by Gasteiger charge is -2.37. The molecule has 2 heterocycles. The van der Waals surface area contributed by atoms with E-state index in [1.165, 1.54) is 25.7 Å². The Morgan fingerprint density at radius 1 is 1.07 bits per heavy atom. The Bertz CT molecular complexity index is 509. The number of likely N-dealkylation sites (N-methyl/N-ethyl adjacent to an activating group) is 1. The summed E-state index contributed by atoms with van der Waals surface area (Å²) in [5.41, 5.74) is 0. The van der Waals surface area contributed by atoms with E-state index < -0.39 is 0 Å². The number of ether oxygens (including phenoxy) is 1. The minimum atomic E-state index is 0.231. The molecule has 0 aromatic heterocycles. The number of guanidine groups is 1. The Morgan fingerprint density at radius 2 is 1.75 bits per heavy atom. The van der Waals surface area contributed by atoms with Crippen molar-refractivity contribution in [3.05, 3.63) is 0 Å². The van der Waals surface area contributed by atoms with Crippen LogP contribution in [0.15, 0.2) is 4.99 Å². The van der Waals surface area contributed by atoms with Gasteiger partial charge in [-0.25, -0.2) is 0 Å². The van der Waals surface area contributed by atoms with Crippen molar-refractivity contribution in [1.82, 2.24) is 24.9 Å². The summed E-state index contributed by atoms with van der Waals surface area (Å²) in [4.78, 5) is 25.9. The number of amides is 1. The zero-order valence-electron chi connectivity index (χ0n) is 17.7. The maximum absolute atomic E-state index is 12.4. The molecule has 0 atom stereocenters. The van der Waals surface area contributed by atoms with Crippen LogP contribution >= 0.6 is 0 Å². The fourth-order valence-electron chi connectivity index (χ4n) is 4.43. The number of piperazine rings is 1. The number of aliphatic imine (C=N–C) groups is 1. The van der Waals surface area contributed by atoms with E-state index in [1.54, 1.807) is 0 Å². The van der Waals surface area contributed by atoms with Crippen molar-refractivity contribution in [3.8, 4) is 0 Å². The molecule has 0 bridgehead atoms. The van der Waals surface area contributed by atoms with Crippen molar-refractivity contribution in [2.45, 2.75) is 31.7 Å². The van der Waals surface area contributed by atoms with Gasteiger partial charge in [0, 0.05) is 65.4 Å². The highest BCUT2D eigenvalue weighted by Gasteiger charge is 2.24. The number of nitrogens with one attached hydrogen (secondary N) is 1. The van der Waals surface area contributed by atoms with Gasteiger partial charge in [-0.1, -0.05) is 12.8 Å². The maximum atomic E-state index is 12.4. The number of hydrogen-bond acceptors (Lipinski definition) is 5. The van der Waals surface area contributed by atoms with E-state index in [2.05, 4.69) is 32.1 Å². The average molecular weight is 395 g/mol. The van der Waals surface area contributed by atoms with Crippen LogP contribution in [0.25, 0.3) is 0 Å². The fraction of sp³-hybridized carbons (Fsp3) is 0.900. The molecule has 0 unspecified atom stereocenters. The van der Waals surface area contributed by atoms with Crippen molar-refractivity contribution in [2.24, 2.45) is 4.99 Å². The predicted octanol–water partition coefficient (Wildman–Crippen LogP) is -0.0874. The highest BCUT2D eigenvalue weighted by Crippen LogP contribution is 2.21. The molecule has 0 aromatic carbocycles. The topological polar surface area (TPSA) is 63.7 Å². The Balaban J connectivity index is 1.34. The molecule has 8 heteroatoms. The van der Waals surface area contributed by atoms with E-state index in [0.29, 0.717) is 19.8 Å². The molecule has 3 aliphatic rings. The van der Waals surface area contributed by atoms with Crippen LogP contribution in [0.1, 0.15) is 25.7 Å². The highest BCUT2D eigenvalue weighted by molar-refractivity contribution is 5.80. The summed E-state index contributed by atoms with van der Waals surface area (Å²) in [6.07, 6.45) is 5.44. The van der Waals surface area contributed by atoms with Crippen LogP contribution < -0.4 is 5.32 Å². The van der Waals surface area contributed by atoms with Gasteiger partial charge in [-0.2, -0.15) is 0 Å². The SMILES string of the molecule is CN=C(NCCN(C)C1CCCC1)N1CCN(CC(=O)N2CCOCC2)CC1. The molecule has 3 fully saturated rings. The first-order valence-electron chi connectivity index (χ1n) is 10.9. The molecule has 1 N–H and O–H groups in total. The van der Waals surface area contributed by atoms with Gasteiger partial charge < -0.3 is 24.8 Å². The van der Waals surface area contributed by atoms with E-state index >= 15 is 0 Å². The van der Waals surface area contributed by atoms with Gasteiger partial charge >= 0.3 is 0 Å². The minimum Gasteiger partial charge on any atom is -0.378 e. The van der Waals surface area contributed by atoms with Crippen LogP contribution in [0.2, 0.25) is 0 Å². The van der Waals surface area contributed by atoms with Crippen LogP contribution in [-0.4, -0.2) is 124 Å². The molecule has 160 valence electrons. The summed E-state index contributed by atoms with van der Waals surface area (Å²) in [6, 6.07) is 0.761. The second kappa shape index (κ2) is 11.0. The van der Waals surface area contributed by atoms with E-state index in [4.69, 9.17) is 4.74 Å². The summed E-state index contributed by atoms with van der Waals surface area (Å²) in [5, 5.41) is 3.53. The van der Waals surface area contributed by atoms with Crippen molar-refractivity contribution in [1.29, 1.82) is 0 Å². The second-order valence-electron chi connectivity index (χ2n) is 8.15. The summed E-state index contributed by atoms with van der Waals surface area (Å²) in [5.74, 6) is 1.22. The Morgan fingerprint density at radius 3 is 2.39 bits per heavy atom. The first-order valence-corrected chi connectivity index (χ1v) is 10.9. The quantitative estimate of drug-likeness (QED) is 0.502. The van der Waals surface area contributed by atoms with Crippen molar-refractivity contribution < 1.29 is 9.53 Å². The summed E-state index contributed by atoms with van der Waals surface area (Å²) in [7, 11) is 4.10. The van der Waals surface area contributed by atoms with Gasteiger partial charge in [0.2, 0.25) is 5.91 Å². The molecule has 0 aromatic rings. The molecule has 2 saturated heterocycles. The first-order chi connectivity index (χ1) is 13.7. The van der Waals surface area contributed by atoms with Crippen molar-refractivity contribution >= 4 is 11.9 Å². The van der Waals surface area contributed by atoms with Gasteiger partial charge in [0.15, 0.2) is 5.96 Å². The van der Waals surface area contributed by atoms with Gasteiger partial charge in [0.1, 0.15) is 0 Å². The lowest BCUT2D eigenvalue weighted by molar-refractivity contribution is -0.136. The van der Waals surface area contributed by atoms with Crippen LogP contribution in [0, 0.1) is 0 Å². The van der Waals surface area contributed by atoms with Crippen LogP contribution in [0.4, 0.5) is 0 Å². The summed E-state index contributed by atoms with van der Waals surface area (Å²) in [6.45, 7) is 8.91. The zero-order chi connectivity index (χ0) is 19.8. The molecule has 0 spiro atoms. The van der Waals surface area contributed by atoms with Crippen LogP contribution in [0.3, 0.4) is 0 Å². The van der Waals surface area contributed by atoms with Gasteiger partial charge in [-0.3, -0.25) is 14.7 Å². The van der Waals surface area contributed by atoms with Gasteiger partial charge in [0.25, 0.3) is 0 Å². The van der Waals surface area contributed by atoms with Crippen LogP contribution in [0.5, 0.6) is 0 Å². The van der Waals surface area contributed by atoms with E-state index in [1.807, 2.05) is 11.9 Å². The largest absolute Gasteiger partial charge is 0.378 e. The zero-order valence-corrected chi connectivity index (χ0v) is 17.7. The number of rotatable bonds is 6. The van der Waals surface area contributed by atoms with E-state index in [0.717, 1.165) is 64.4 Å². The molecule has 0 radical (unpaired) electrons. The number of carbonyl (C=O) groups excluding carboxylic acids is 1. The first kappa shape index (κ1) is 21.3. The molecule has 3 rings (SSSR count). The van der Waals surface area contributed by atoms with Crippen molar-refractivity contribution in [3.63, 3.8) is 0 Å². The molecular formula is C20H38N6O2. The molecular weight excluding hydrogens is 356 g/mol. The maximum Gasteiger partial charge on any atom is 0.236 e. The lowest BCUT2D eigenvalue weighted by atomic mass is 10.2. The molecule has 28 heavy (non-hydrogen) atoms. The Hall–Kier alpha value is -1.38. The third-order valence-electron chi connectivity index (χ3n) is 6.30. The average Bonchev–Trinajstić information content (AvgIpc) is 3.27. The molecule has 8 nitrogen and oxygen atoms in total. The van der Waals surface area contributed by atoms with Gasteiger partial charge in [-0.05, 0) is 19.9 Å². The minimum absolute atomic E-state index is 0.231. The number of carbonyl (C=O) groups is 1. The molecule has 2 aliphatic heterocycles. The smallest absolute Gasteiger partial charge is 0.236 e. The van der Waals surface area contributed by atoms with E-state index in [9.17, 15) is 4.79 Å².